The van der Waals surface area contributed by atoms with E-state index in [-0.39, 0.29) is 0 Å². The summed E-state index contributed by atoms with van der Waals surface area (Å²) in [6.45, 7) is 8.98. The molecule has 2 rings (SSSR count). The second kappa shape index (κ2) is 5.72. The van der Waals surface area contributed by atoms with Gasteiger partial charge in [-0.1, -0.05) is 25.4 Å². The molecule has 102 valence electrons. The van der Waals surface area contributed by atoms with Gasteiger partial charge in [-0.25, -0.2) is 9.97 Å². The number of halogens is 1. The molecule has 0 aromatic carbocycles. The van der Waals surface area contributed by atoms with Crippen molar-refractivity contribution < 1.29 is 0 Å². The second-order valence-corrected chi connectivity index (χ2v) is 5.36. The molecular weight excluding hydrogens is 260 g/mol. The summed E-state index contributed by atoms with van der Waals surface area (Å²) in [5, 5.41) is 4.05. The number of imidazole rings is 1. The monoisotopic (exact) mass is 278 g/mol. The number of hydrogen-bond donors (Lipinski definition) is 1. The van der Waals surface area contributed by atoms with Crippen molar-refractivity contribution in [2.45, 2.75) is 40.3 Å². The van der Waals surface area contributed by atoms with Gasteiger partial charge in [0.05, 0.1) is 10.7 Å². The Morgan fingerprint density at radius 3 is 2.63 bits per heavy atom. The molecule has 0 amide bonds. The van der Waals surface area contributed by atoms with Gasteiger partial charge < -0.3 is 5.32 Å². The fourth-order valence-electron chi connectivity index (χ4n) is 1.78. The highest BCUT2D eigenvalue weighted by molar-refractivity contribution is 6.31. The van der Waals surface area contributed by atoms with E-state index >= 15 is 0 Å². The highest BCUT2D eigenvalue weighted by Crippen LogP contribution is 2.19. The third kappa shape index (κ3) is 3.14. The van der Waals surface area contributed by atoms with E-state index in [1.807, 2.05) is 24.5 Å². The minimum Gasteiger partial charge on any atom is -0.310 e. The van der Waals surface area contributed by atoms with Crippen LogP contribution in [-0.2, 0) is 6.54 Å². The van der Waals surface area contributed by atoms with Crippen LogP contribution < -0.4 is 5.32 Å². The topological polar surface area (TPSA) is 42.7 Å². The van der Waals surface area contributed by atoms with Crippen LogP contribution in [0, 0.1) is 13.8 Å². The summed E-state index contributed by atoms with van der Waals surface area (Å²) in [6, 6.07) is 2.43. The average Bonchev–Trinajstić information content (AvgIpc) is 2.69. The Labute approximate surface area is 118 Å². The lowest BCUT2D eigenvalue weighted by atomic mass is 10.2. The van der Waals surface area contributed by atoms with Crippen molar-refractivity contribution in [2.24, 2.45) is 0 Å². The van der Waals surface area contributed by atoms with Crippen LogP contribution in [-0.4, -0.2) is 20.6 Å². The molecule has 2 heterocycles. The Kier molecular flexibility index (Phi) is 4.22. The van der Waals surface area contributed by atoms with E-state index in [4.69, 9.17) is 11.6 Å². The molecule has 0 fully saturated rings. The van der Waals surface area contributed by atoms with Gasteiger partial charge in [0.2, 0.25) is 0 Å². The lowest BCUT2D eigenvalue weighted by Gasteiger charge is -2.11. The molecular formula is C14H19ClN4. The van der Waals surface area contributed by atoms with Crippen LogP contribution in [0.15, 0.2) is 18.6 Å². The van der Waals surface area contributed by atoms with Crippen molar-refractivity contribution >= 4 is 11.6 Å². The summed E-state index contributed by atoms with van der Waals surface area (Å²) in [5.74, 6) is 0.850. The molecule has 0 aliphatic rings. The molecule has 0 radical (unpaired) electrons. The van der Waals surface area contributed by atoms with Crippen LogP contribution in [0.2, 0.25) is 5.02 Å². The van der Waals surface area contributed by atoms with Crippen molar-refractivity contribution in [3.63, 3.8) is 0 Å². The maximum Gasteiger partial charge on any atom is 0.138 e. The molecule has 0 bridgehead atoms. The van der Waals surface area contributed by atoms with Crippen LogP contribution in [0.3, 0.4) is 0 Å². The van der Waals surface area contributed by atoms with E-state index < -0.39 is 0 Å². The minimum absolute atomic E-state index is 0.421. The quantitative estimate of drug-likeness (QED) is 0.935. The smallest absolute Gasteiger partial charge is 0.138 e. The Balaban J connectivity index is 2.33. The summed E-state index contributed by atoms with van der Waals surface area (Å²) in [5.41, 5.74) is 3.15. The molecule has 0 unspecified atom stereocenters. The number of aromatic nitrogens is 3. The number of rotatable bonds is 4. The fraction of sp³-hybridized carbons (Fsp3) is 0.429. The first-order chi connectivity index (χ1) is 8.99. The van der Waals surface area contributed by atoms with E-state index in [0.29, 0.717) is 11.1 Å². The van der Waals surface area contributed by atoms with Crippen LogP contribution >= 0.6 is 11.6 Å². The summed E-state index contributed by atoms with van der Waals surface area (Å²) < 4.78 is 1.98. The third-order valence-electron chi connectivity index (χ3n) is 3.12. The first kappa shape index (κ1) is 14.0. The lowest BCUT2D eigenvalue weighted by molar-refractivity contribution is 0.588. The van der Waals surface area contributed by atoms with Crippen molar-refractivity contribution in [3.8, 4) is 5.82 Å². The first-order valence-electron chi connectivity index (χ1n) is 6.37. The van der Waals surface area contributed by atoms with Crippen LogP contribution in [0.5, 0.6) is 0 Å². The molecule has 0 saturated heterocycles. The molecule has 0 aliphatic heterocycles. The molecule has 0 spiro atoms. The van der Waals surface area contributed by atoms with Crippen molar-refractivity contribution in [1.82, 2.24) is 19.9 Å². The van der Waals surface area contributed by atoms with Gasteiger partial charge in [-0.2, -0.15) is 0 Å². The lowest BCUT2D eigenvalue weighted by Crippen LogP contribution is -2.22. The van der Waals surface area contributed by atoms with Crippen LogP contribution in [0.4, 0.5) is 0 Å². The van der Waals surface area contributed by atoms with Gasteiger partial charge in [0.25, 0.3) is 0 Å². The van der Waals surface area contributed by atoms with E-state index in [9.17, 15) is 0 Å². The normalized spacial score (nSPS) is 11.3. The van der Waals surface area contributed by atoms with Crippen molar-refractivity contribution in [3.05, 3.63) is 40.6 Å². The van der Waals surface area contributed by atoms with Gasteiger partial charge >= 0.3 is 0 Å². The van der Waals surface area contributed by atoms with Crippen molar-refractivity contribution in [2.75, 3.05) is 0 Å². The van der Waals surface area contributed by atoms with Crippen LogP contribution in [0.1, 0.15) is 30.8 Å². The summed E-state index contributed by atoms with van der Waals surface area (Å²) in [4.78, 5) is 8.67. The van der Waals surface area contributed by atoms with Crippen molar-refractivity contribution in [1.29, 1.82) is 0 Å². The van der Waals surface area contributed by atoms with E-state index in [1.165, 1.54) is 0 Å². The zero-order valence-electron chi connectivity index (χ0n) is 11.7. The predicted molar refractivity (Wildman–Crippen MR) is 77.8 cm³/mol. The minimum atomic E-state index is 0.421. The number of hydrogen-bond acceptors (Lipinski definition) is 3. The number of pyridine rings is 1. The standard InChI is InChI=1S/C14H19ClN4/c1-9(2)16-6-12-5-14(17-7-13(12)15)19-8-18-10(3)11(19)4/h5,7-9,16H,6H2,1-4H3. The van der Waals surface area contributed by atoms with E-state index in [2.05, 4.69) is 29.1 Å². The molecule has 4 nitrogen and oxygen atoms in total. The zero-order valence-corrected chi connectivity index (χ0v) is 12.5. The Morgan fingerprint density at radius 1 is 1.32 bits per heavy atom. The molecule has 2 aromatic rings. The molecule has 19 heavy (non-hydrogen) atoms. The number of nitrogens with one attached hydrogen (secondary N) is 1. The fourth-order valence-corrected chi connectivity index (χ4v) is 1.95. The molecule has 0 aliphatic carbocycles. The highest BCUT2D eigenvalue weighted by Gasteiger charge is 2.09. The molecule has 2 aromatic heterocycles. The van der Waals surface area contributed by atoms with Gasteiger partial charge in [0.1, 0.15) is 12.1 Å². The summed E-state index contributed by atoms with van der Waals surface area (Å²) in [7, 11) is 0. The van der Waals surface area contributed by atoms with Gasteiger partial charge in [-0.3, -0.25) is 4.57 Å². The highest BCUT2D eigenvalue weighted by atomic mass is 35.5. The van der Waals surface area contributed by atoms with Crippen LogP contribution in [0.25, 0.3) is 5.82 Å². The number of nitrogens with zero attached hydrogens (tertiary/aromatic N) is 3. The van der Waals surface area contributed by atoms with Gasteiger partial charge in [-0.05, 0) is 25.5 Å². The van der Waals surface area contributed by atoms with E-state index in [1.54, 1.807) is 12.5 Å². The first-order valence-corrected chi connectivity index (χ1v) is 6.75. The summed E-state index contributed by atoms with van der Waals surface area (Å²) in [6.07, 6.45) is 3.49. The third-order valence-corrected chi connectivity index (χ3v) is 3.46. The second-order valence-electron chi connectivity index (χ2n) is 4.95. The average molecular weight is 279 g/mol. The van der Waals surface area contributed by atoms with Gasteiger partial charge in [-0.15, -0.1) is 0 Å². The Hall–Kier alpha value is -1.39. The largest absolute Gasteiger partial charge is 0.310 e. The summed E-state index contributed by atoms with van der Waals surface area (Å²) >= 11 is 6.18. The Morgan fingerprint density at radius 2 is 2.05 bits per heavy atom. The van der Waals surface area contributed by atoms with Gasteiger partial charge in [0, 0.05) is 24.5 Å². The number of aryl methyl sites for hydroxylation is 1. The zero-order chi connectivity index (χ0) is 14.0. The van der Waals surface area contributed by atoms with E-state index in [0.717, 1.165) is 29.3 Å². The maximum absolute atomic E-state index is 6.18. The maximum atomic E-state index is 6.18. The molecule has 5 heteroatoms. The molecule has 0 saturated carbocycles. The van der Waals surface area contributed by atoms with Gasteiger partial charge in [0.15, 0.2) is 0 Å². The molecule has 0 atom stereocenters. The predicted octanol–water partition coefficient (Wildman–Crippen LogP) is 3.04. The molecule has 1 N–H and O–H groups in total. The SMILES string of the molecule is Cc1ncn(-c2cc(CNC(C)C)c(Cl)cn2)c1C. The Bertz CT molecular complexity index is 575.